The number of carbonyl (C=O) groups excluding carboxylic acids is 1. The minimum atomic E-state index is -0.0157. The van der Waals surface area contributed by atoms with Gasteiger partial charge in [-0.1, -0.05) is 59.6 Å². The van der Waals surface area contributed by atoms with Crippen LogP contribution in [0.25, 0.3) is 0 Å². The highest BCUT2D eigenvalue weighted by molar-refractivity contribution is 6.42. The number of hydrogen-bond donors (Lipinski definition) is 1. The molecule has 0 spiro atoms. The second-order valence-corrected chi connectivity index (χ2v) is 8.95. The van der Waals surface area contributed by atoms with E-state index in [1.807, 2.05) is 36.2 Å². The second-order valence-electron chi connectivity index (χ2n) is 8.14. The summed E-state index contributed by atoms with van der Waals surface area (Å²) in [7, 11) is 1.89. The van der Waals surface area contributed by atoms with Crippen LogP contribution in [-0.2, 0) is 11.2 Å². The fraction of sp³-hybridized carbons (Fsp3) is 0.458. The van der Waals surface area contributed by atoms with Crippen molar-refractivity contribution in [3.05, 3.63) is 69.7 Å². The van der Waals surface area contributed by atoms with Crippen LogP contribution in [0.3, 0.4) is 0 Å². The summed E-state index contributed by atoms with van der Waals surface area (Å²) >= 11 is 12.1. The second kappa shape index (κ2) is 11.1. The van der Waals surface area contributed by atoms with Crippen LogP contribution < -0.4 is 0 Å². The van der Waals surface area contributed by atoms with Gasteiger partial charge >= 0.3 is 0 Å². The van der Waals surface area contributed by atoms with E-state index < -0.39 is 0 Å². The number of halogens is 2. The zero-order chi connectivity index (χ0) is 21.5. The van der Waals surface area contributed by atoms with Crippen molar-refractivity contribution in [1.29, 1.82) is 0 Å². The molecule has 1 saturated heterocycles. The molecule has 30 heavy (non-hydrogen) atoms. The molecule has 4 nitrogen and oxygen atoms in total. The molecule has 0 radical (unpaired) electrons. The molecule has 0 saturated carbocycles. The van der Waals surface area contributed by atoms with E-state index in [0.29, 0.717) is 16.0 Å². The Kier molecular flexibility index (Phi) is 8.58. The molecule has 1 fully saturated rings. The molecule has 162 valence electrons. The molecule has 1 aliphatic heterocycles. The van der Waals surface area contributed by atoms with E-state index in [4.69, 9.17) is 28.3 Å². The van der Waals surface area contributed by atoms with Gasteiger partial charge in [-0.15, -0.1) is 0 Å². The Morgan fingerprint density at radius 2 is 1.97 bits per heavy atom. The number of hydrogen-bond acceptors (Lipinski definition) is 3. The Morgan fingerprint density at radius 3 is 2.67 bits per heavy atom. The molecule has 1 aliphatic rings. The van der Waals surface area contributed by atoms with E-state index in [2.05, 4.69) is 17.0 Å². The monoisotopic (exact) mass is 448 g/mol. The van der Waals surface area contributed by atoms with Crippen LogP contribution in [0.1, 0.15) is 36.4 Å². The van der Waals surface area contributed by atoms with Gasteiger partial charge in [0.15, 0.2) is 0 Å². The lowest BCUT2D eigenvalue weighted by molar-refractivity contribution is -0.131. The first-order chi connectivity index (χ1) is 14.5. The van der Waals surface area contributed by atoms with Crippen molar-refractivity contribution in [1.82, 2.24) is 9.80 Å². The van der Waals surface area contributed by atoms with E-state index in [-0.39, 0.29) is 25.0 Å². The Balaban J connectivity index is 1.70. The first-order valence-electron chi connectivity index (χ1n) is 10.6. The SMILES string of the molecule is CN(C(=O)Cc1ccc(Cl)c(Cl)c1)[C@H](CN1CC[C@H](CCCO)C1)c1ccccc1. The molecule has 6 heteroatoms. The van der Waals surface area contributed by atoms with Gasteiger partial charge in [0.1, 0.15) is 0 Å². The lowest BCUT2D eigenvalue weighted by Gasteiger charge is -2.32. The molecule has 0 unspecified atom stereocenters. The number of carbonyl (C=O) groups is 1. The minimum absolute atomic E-state index is 0.0157. The first kappa shape index (κ1) is 23.1. The van der Waals surface area contributed by atoms with Crippen molar-refractivity contribution in [2.45, 2.75) is 31.7 Å². The lowest BCUT2D eigenvalue weighted by Crippen LogP contribution is -2.39. The van der Waals surface area contributed by atoms with Crippen LogP contribution in [0.5, 0.6) is 0 Å². The molecular weight excluding hydrogens is 419 g/mol. The summed E-state index contributed by atoms with van der Waals surface area (Å²) in [6.07, 6.45) is 3.37. The Labute approximate surface area is 189 Å². The molecule has 1 N–H and O–H groups in total. The topological polar surface area (TPSA) is 43.8 Å². The fourth-order valence-electron chi connectivity index (χ4n) is 4.19. The third-order valence-electron chi connectivity index (χ3n) is 5.96. The molecule has 2 aromatic rings. The third kappa shape index (κ3) is 6.21. The predicted molar refractivity (Wildman–Crippen MR) is 123 cm³/mol. The number of benzene rings is 2. The predicted octanol–water partition coefficient (Wildman–Crippen LogP) is 4.83. The summed E-state index contributed by atoms with van der Waals surface area (Å²) in [5.41, 5.74) is 2.00. The normalized spacial score (nSPS) is 17.8. The van der Waals surface area contributed by atoms with E-state index in [1.165, 1.54) is 0 Å². The van der Waals surface area contributed by atoms with Crippen LogP contribution in [0.2, 0.25) is 10.0 Å². The summed E-state index contributed by atoms with van der Waals surface area (Å²) in [6.45, 7) is 3.13. The fourth-order valence-corrected chi connectivity index (χ4v) is 4.51. The Morgan fingerprint density at radius 1 is 1.20 bits per heavy atom. The van der Waals surface area contributed by atoms with Gasteiger partial charge in [-0.05, 0) is 55.0 Å². The molecular formula is C24H30Cl2N2O2. The van der Waals surface area contributed by atoms with Gasteiger partial charge in [0.05, 0.1) is 22.5 Å². The molecule has 0 bridgehead atoms. The van der Waals surface area contributed by atoms with Crippen molar-refractivity contribution in [3.8, 4) is 0 Å². The van der Waals surface area contributed by atoms with Gasteiger partial charge in [-0.3, -0.25) is 4.79 Å². The molecule has 1 amide bonds. The smallest absolute Gasteiger partial charge is 0.227 e. The van der Waals surface area contributed by atoms with Crippen molar-refractivity contribution >= 4 is 29.1 Å². The highest BCUT2D eigenvalue weighted by Gasteiger charge is 2.28. The van der Waals surface area contributed by atoms with Gasteiger partial charge in [0.25, 0.3) is 0 Å². The van der Waals surface area contributed by atoms with Crippen LogP contribution in [0, 0.1) is 5.92 Å². The quantitative estimate of drug-likeness (QED) is 0.597. The van der Waals surface area contributed by atoms with Gasteiger partial charge in [0.2, 0.25) is 5.91 Å². The number of likely N-dealkylation sites (N-methyl/N-ethyl adjacent to an activating group) is 1. The summed E-state index contributed by atoms with van der Waals surface area (Å²) in [4.78, 5) is 17.4. The van der Waals surface area contributed by atoms with Crippen molar-refractivity contribution < 1.29 is 9.90 Å². The summed E-state index contributed by atoms with van der Waals surface area (Å²) in [5, 5.41) is 10.1. The van der Waals surface area contributed by atoms with E-state index in [0.717, 1.165) is 50.0 Å². The van der Waals surface area contributed by atoms with Crippen LogP contribution in [0.4, 0.5) is 0 Å². The maximum absolute atomic E-state index is 13.1. The molecule has 2 aromatic carbocycles. The zero-order valence-corrected chi connectivity index (χ0v) is 18.9. The van der Waals surface area contributed by atoms with E-state index in [1.54, 1.807) is 12.1 Å². The van der Waals surface area contributed by atoms with Gasteiger partial charge in [-0.25, -0.2) is 0 Å². The lowest BCUT2D eigenvalue weighted by atomic mass is 10.0. The summed E-state index contributed by atoms with van der Waals surface area (Å²) in [5.74, 6) is 0.684. The van der Waals surface area contributed by atoms with Crippen LogP contribution in [0.15, 0.2) is 48.5 Å². The molecule has 2 atom stereocenters. The maximum atomic E-state index is 13.1. The van der Waals surface area contributed by atoms with E-state index in [9.17, 15) is 4.79 Å². The average Bonchev–Trinajstić information content (AvgIpc) is 3.20. The Hall–Kier alpha value is -1.59. The minimum Gasteiger partial charge on any atom is -0.396 e. The highest BCUT2D eigenvalue weighted by Crippen LogP contribution is 2.28. The number of aliphatic hydroxyl groups is 1. The number of likely N-dealkylation sites (tertiary alicyclic amines) is 1. The standard InChI is InChI=1S/C24H30Cl2N2O2/c1-27(24(30)15-19-9-10-21(25)22(26)14-19)23(20-7-3-2-4-8-20)17-28-12-11-18(16-28)6-5-13-29/h2-4,7-10,14,18,23,29H,5-6,11-13,15-17H2,1H3/t18-,23+/m0/s1. The molecule has 1 heterocycles. The van der Waals surface area contributed by atoms with E-state index >= 15 is 0 Å². The highest BCUT2D eigenvalue weighted by atomic mass is 35.5. The molecule has 0 aromatic heterocycles. The maximum Gasteiger partial charge on any atom is 0.227 e. The van der Waals surface area contributed by atoms with Gasteiger partial charge in [-0.2, -0.15) is 0 Å². The van der Waals surface area contributed by atoms with Crippen LogP contribution in [-0.4, -0.2) is 54.1 Å². The van der Waals surface area contributed by atoms with Crippen molar-refractivity contribution in [2.75, 3.05) is 33.3 Å². The first-order valence-corrected chi connectivity index (χ1v) is 11.3. The number of amides is 1. The molecule has 0 aliphatic carbocycles. The van der Waals surface area contributed by atoms with Gasteiger partial charge < -0.3 is 14.9 Å². The number of rotatable bonds is 9. The average molecular weight is 449 g/mol. The summed E-state index contributed by atoms with van der Waals surface area (Å²) in [6, 6.07) is 15.6. The third-order valence-corrected chi connectivity index (χ3v) is 6.70. The van der Waals surface area contributed by atoms with Crippen LogP contribution >= 0.6 is 23.2 Å². The Bertz CT molecular complexity index is 831. The van der Waals surface area contributed by atoms with Gasteiger partial charge in [0, 0.05) is 26.7 Å². The van der Waals surface area contributed by atoms with Crippen molar-refractivity contribution in [2.24, 2.45) is 5.92 Å². The number of nitrogens with zero attached hydrogens (tertiary/aromatic N) is 2. The largest absolute Gasteiger partial charge is 0.396 e. The van der Waals surface area contributed by atoms with Crippen molar-refractivity contribution in [3.63, 3.8) is 0 Å². The number of aliphatic hydroxyl groups excluding tert-OH is 1. The zero-order valence-electron chi connectivity index (χ0n) is 17.4. The molecule has 3 rings (SSSR count). The summed E-state index contributed by atoms with van der Waals surface area (Å²) < 4.78 is 0.